The lowest BCUT2D eigenvalue weighted by molar-refractivity contribution is -0.125. The van der Waals surface area contributed by atoms with Crippen LogP contribution < -0.4 is 0 Å². The van der Waals surface area contributed by atoms with Crippen LogP contribution >= 0.6 is 43.2 Å². The van der Waals surface area contributed by atoms with Gasteiger partial charge in [-0.05, 0) is 87.1 Å². The molecule has 4 heteroatoms. The zero-order chi connectivity index (χ0) is 15.0. The summed E-state index contributed by atoms with van der Waals surface area (Å²) in [6.45, 7) is 4.86. The molecule has 4 fully saturated rings. The maximum absolute atomic E-state index is 13.4. The van der Waals surface area contributed by atoms with Gasteiger partial charge in [0.1, 0.15) is 0 Å². The van der Waals surface area contributed by atoms with Crippen molar-refractivity contribution in [3.8, 4) is 0 Å². The number of ketones is 1. The van der Waals surface area contributed by atoms with Crippen LogP contribution in [0.1, 0.15) is 62.0 Å². The van der Waals surface area contributed by atoms with Crippen LogP contribution in [0.15, 0.2) is 14.3 Å². The molecule has 4 aliphatic rings. The predicted molar refractivity (Wildman–Crippen MR) is 93.9 cm³/mol. The van der Waals surface area contributed by atoms with E-state index in [2.05, 4.69) is 45.7 Å². The Kier molecular flexibility index (Phi) is 3.15. The van der Waals surface area contributed by atoms with Gasteiger partial charge in [0.15, 0.2) is 5.78 Å². The summed E-state index contributed by atoms with van der Waals surface area (Å²) in [5, 5.41) is 2.03. The largest absolute Gasteiger partial charge is 0.293 e. The molecule has 1 aromatic rings. The van der Waals surface area contributed by atoms with Crippen LogP contribution in [-0.4, -0.2) is 5.78 Å². The number of carbonyl (C=O) groups excluding carboxylic acids is 1. The molecular weight excluding hydrogens is 412 g/mol. The minimum absolute atomic E-state index is 0.0876. The van der Waals surface area contributed by atoms with Gasteiger partial charge in [-0.1, -0.05) is 13.8 Å². The molecule has 114 valence electrons. The molecule has 0 spiro atoms. The van der Waals surface area contributed by atoms with Gasteiger partial charge in [-0.25, -0.2) is 0 Å². The van der Waals surface area contributed by atoms with Crippen molar-refractivity contribution in [1.82, 2.24) is 0 Å². The fourth-order valence-corrected chi connectivity index (χ4v) is 8.63. The topological polar surface area (TPSA) is 17.1 Å². The van der Waals surface area contributed by atoms with E-state index in [0.29, 0.717) is 16.6 Å². The van der Waals surface area contributed by atoms with Gasteiger partial charge >= 0.3 is 0 Å². The van der Waals surface area contributed by atoms with Crippen molar-refractivity contribution in [2.75, 3.05) is 0 Å². The van der Waals surface area contributed by atoms with Gasteiger partial charge < -0.3 is 0 Å². The lowest BCUT2D eigenvalue weighted by atomic mass is 9.39. The standard InChI is InChI=1S/C17H20Br2OS/c1-15-3-10-4-16(2,7-15)9-17(5-10,8-15)14(20)13-12(19)11(18)6-21-13/h6,10H,3-5,7-9H2,1-2H3. The summed E-state index contributed by atoms with van der Waals surface area (Å²) < 4.78 is 1.97. The Morgan fingerprint density at radius 1 is 1.14 bits per heavy atom. The normalized spacial score (nSPS) is 44.3. The van der Waals surface area contributed by atoms with E-state index in [9.17, 15) is 4.79 Å². The number of hydrogen-bond donors (Lipinski definition) is 0. The van der Waals surface area contributed by atoms with Crippen LogP contribution in [0.4, 0.5) is 0 Å². The molecule has 0 radical (unpaired) electrons. The van der Waals surface area contributed by atoms with Gasteiger partial charge in [0.25, 0.3) is 0 Å². The molecule has 5 rings (SSSR count). The maximum atomic E-state index is 13.4. The molecule has 4 bridgehead atoms. The van der Waals surface area contributed by atoms with E-state index in [1.807, 2.05) is 5.38 Å². The molecule has 1 aromatic heterocycles. The first-order valence-electron chi connectivity index (χ1n) is 7.72. The molecule has 4 aliphatic carbocycles. The number of thiophene rings is 1. The van der Waals surface area contributed by atoms with Crippen molar-refractivity contribution in [2.45, 2.75) is 52.4 Å². The SMILES string of the molecule is CC12CC3CC(C)(C1)CC(C(=O)c1scc(Br)c1Br)(C3)C2. The summed E-state index contributed by atoms with van der Waals surface area (Å²) in [7, 11) is 0. The van der Waals surface area contributed by atoms with Crippen molar-refractivity contribution < 1.29 is 4.79 Å². The van der Waals surface area contributed by atoms with E-state index < -0.39 is 0 Å². The first-order chi connectivity index (χ1) is 9.74. The van der Waals surface area contributed by atoms with Crippen LogP contribution in [0.25, 0.3) is 0 Å². The molecular formula is C17H20Br2OS. The third-order valence-corrected chi connectivity index (χ3v) is 9.53. The van der Waals surface area contributed by atoms with E-state index in [-0.39, 0.29) is 5.41 Å². The van der Waals surface area contributed by atoms with Crippen molar-refractivity contribution in [1.29, 1.82) is 0 Å². The predicted octanol–water partition coefficient (Wildman–Crippen LogP) is 6.45. The Morgan fingerprint density at radius 2 is 1.76 bits per heavy atom. The van der Waals surface area contributed by atoms with E-state index in [0.717, 1.165) is 39.0 Å². The molecule has 2 unspecified atom stereocenters. The first-order valence-corrected chi connectivity index (χ1v) is 10.2. The van der Waals surface area contributed by atoms with E-state index >= 15 is 0 Å². The Balaban J connectivity index is 1.77. The third kappa shape index (κ3) is 2.15. The second-order valence-electron chi connectivity index (χ2n) is 8.47. The summed E-state index contributed by atoms with van der Waals surface area (Å²) >= 11 is 8.71. The smallest absolute Gasteiger partial charge is 0.180 e. The average molecular weight is 432 g/mol. The van der Waals surface area contributed by atoms with Gasteiger partial charge in [0, 0.05) is 15.3 Å². The van der Waals surface area contributed by atoms with E-state index in [4.69, 9.17) is 0 Å². The molecule has 4 saturated carbocycles. The molecule has 0 amide bonds. The Morgan fingerprint density at radius 3 is 2.24 bits per heavy atom. The second-order valence-corrected chi connectivity index (χ2v) is 11.0. The lowest BCUT2D eigenvalue weighted by Gasteiger charge is -2.64. The molecule has 0 aliphatic heterocycles. The van der Waals surface area contributed by atoms with Crippen LogP contribution in [0.2, 0.25) is 0 Å². The molecule has 2 atom stereocenters. The summed E-state index contributed by atoms with van der Waals surface area (Å²) in [5.74, 6) is 1.18. The molecule has 0 saturated heterocycles. The number of Topliss-reactive ketones (excluding diaryl/α,β-unsaturated/α-hetero) is 1. The average Bonchev–Trinajstić information content (AvgIpc) is 2.64. The molecule has 0 N–H and O–H groups in total. The number of halogens is 2. The van der Waals surface area contributed by atoms with E-state index in [1.165, 1.54) is 19.3 Å². The third-order valence-electron chi connectivity index (χ3n) is 6.00. The number of carbonyl (C=O) groups is 1. The zero-order valence-corrected chi connectivity index (χ0v) is 16.5. The van der Waals surface area contributed by atoms with Crippen molar-refractivity contribution in [2.24, 2.45) is 22.2 Å². The molecule has 1 heterocycles. The monoisotopic (exact) mass is 430 g/mol. The van der Waals surface area contributed by atoms with Crippen molar-refractivity contribution >= 4 is 49.0 Å². The van der Waals surface area contributed by atoms with Crippen LogP contribution in [0, 0.1) is 22.2 Å². The number of rotatable bonds is 2. The molecule has 21 heavy (non-hydrogen) atoms. The fraction of sp³-hybridized carbons (Fsp3) is 0.706. The fourth-order valence-electron chi connectivity index (χ4n) is 6.42. The van der Waals surface area contributed by atoms with E-state index in [1.54, 1.807) is 11.3 Å². The Bertz CT molecular complexity index is 617. The highest BCUT2D eigenvalue weighted by Gasteiger charge is 2.62. The maximum Gasteiger partial charge on any atom is 0.180 e. The highest BCUT2D eigenvalue weighted by Crippen LogP contribution is 2.70. The van der Waals surface area contributed by atoms with Crippen molar-refractivity contribution in [3.63, 3.8) is 0 Å². The molecule has 1 nitrogen and oxygen atoms in total. The Labute approximate surface area is 147 Å². The summed E-state index contributed by atoms with van der Waals surface area (Å²) in [6.07, 6.45) is 7.33. The summed E-state index contributed by atoms with van der Waals surface area (Å²) in [5.41, 5.74) is 0.700. The van der Waals surface area contributed by atoms with Gasteiger partial charge in [-0.2, -0.15) is 0 Å². The van der Waals surface area contributed by atoms with Gasteiger partial charge in [0.05, 0.1) is 9.35 Å². The van der Waals surface area contributed by atoms with Gasteiger partial charge in [-0.3, -0.25) is 4.79 Å². The van der Waals surface area contributed by atoms with Gasteiger partial charge in [-0.15, -0.1) is 11.3 Å². The second kappa shape index (κ2) is 4.45. The van der Waals surface area contributed by atoms with Crippen LogP contribution in [0.5, 0.6) is 0 Å². The highest BCUT2D eigenvalue weighted by molar-refractivity contribution is 9.13. The van der Waals surface area contributed by atoms with Crippen molar-refractivity contribution in [3.05, 3.63) is 19.2 Å². The van der Waals surface area contributed by atoms with Gasteiger partial charge in [0.2, 0.25) is 0 Å². The summed E-state index contributed by atoms with van der Waals surface area (Å²) in [4.78, 5) is 14.3. The number of hydrogen-bond acceptors (Lipinski definition) is 2. The lowest BCUT2D eigenvalue weighted by Crippen LogP contribution is -2.57. The summed E-state index contributed by atoms with van der Waals surface area (Å²) in [6, 6.07) is 0. The first kappa shape index (κ1) is 14.9. The Hall–Kier alpha value is 0.330. The molecule has 0 aromatic carbocycles. The quantitative estimate of drug-likeness (QED) is 0.491. The van der Waals surface area contributed by atoms with Crippen LogP contribution in [0.3, 0.4) is 0 Å². The van der Waals surface area contributed by atoms with Crippen LogP contribution in [-0.2, 0) is 0 Å². The highest BCUT2D eigenvalue weighted by atomic mass is 79.9. The minimum Gasteiger partial charge on any atom is -0.293 e. The zero-order valence-electron chi connectivity index (χ0n) is 12.5. The minimum atomic E-state index is -0.0876.